The fraction of sp³-hybridized carbons (Fsp3) is 0.100. The molecule has 0 saturated carbocycles. The minimum Gasteiger partial charge on any atom is -0.390 e. The van der Waals surface area contributed by atoms with E-state index in [0.717, 1.165) is 0 Å². The van der Waals surface area contributed by atoms with Crippen LogP contribution in [0.3, 0.4) is 0 Å². The second kappa shape index (κ2) is 4.14. The summed E-state index contributed by atoms with van der Waals surface area (Å²) in [4.78, 5) is 4.17. The van der Waals surface area contributed by atoms with E-state index >= 15 is 0 Å². The van der Waals surface area contributed by atoms with Crippen molar-refractivity contribution in [3.63, 3.8) is 0 Å². The molecule has 0 bridgehead atoms. The van der Waals surface area contributed by atoms with Crippen molar-refractivity contribution in [3.05, 3.63) is 39.0 Å². The molecule has 1 aromatic heterocycles. The molecule has 5 heteroatoms. The van der Waals surface area contributed by atoms with Gasteiger partial charge in [0.2, 0.25) is 0 Å². The normalized spacial score (nSPS) is 10.9. The fourth-order valence-electron chi connectivity index (χ4n) is 1.32. The largest absolute Gasteiger partial charge is 0.390 e. The third-order valence-corrected chi connectivity index (χ3v) is 3.13. The van der Waals surface area contributed by atoms with E-state index < -0.39 is 0 Å². The summed E-state index contributed by atoms with van der Waals surface area (Å²) in [6.07, 6.45) is 0. The highest BCUT2D eigenvalue weighted by atomic mass is 35.5. The zero-order valence-corrected chi connectivity index (χ0v) is 9.74. The predicted molar refractivity (Wildman–Crippen MR) is 62.7 cm³/mol. The number of aliphatic hydroxyl groups excluding tert-OH is 1. The van der Waals surface area contributed by atoms with E-state index in [2.05, 4.69) is 4.98 Å². The van der Waals surface area contributed by atoms with Gasteiger partial charge in [-0.05, 0) is 18.2 Å². The average molecular weight is 263 g/mol. The molecule has 2 nitrogen and oxygen atoms in total. The van der Waals surface area contributed by atoms with Gasteiger partial charge in [-0.1, -0.05) is 34.8 Å². The molecule has 78 valence electrons. The number of benzene rings is 1. The molecule has 2 rings (SSSR count). The van der Waals surface area contributed by atoms with Crippen molar-refractivity contribution < 1.29 is 5.11 Å². The maximum Gasteiger partial charge on any atom is 0.0908 e. The zero-order chi connectivity index (χ0) is 11.0. The summed E-state index contributed by atoms with van der Waals surface area (Å²) in [5.41, 5.74) is 1.10. The Kier molecular flexibility index (Phi) is 3.03. The zero-order valence-electron chi connectivity index (χ0n) is 7.47. The molecule has 0 atom stereocenters. The molecule has 0 aliphatic rings. The Hall–Kier alpha value is -0.540. The van der Waals surface area contributed by atoms with Gasteiger partial charge in [-0.15, -0.1) is 0 Å². The van der Waals surface area contributed by atoms with E-state index in [1.807, 2.05) is 0 Å². The second-order valence-electron chi connectivity index (χ2n) is 3.01. The molecule has 0 unspecified atom stereocenters. The summed E-state index contributed by atoms with van der Waals surface area (Å²) < 4.78 is 0. The third-order valence-electron chi connectivity index (χ3n) is 2.04. The van der Waals surface area contributed by atoms with Crippen molar-refractivity contribution in [1.82, 2.24) is 4.98 Å². The molecule has 0 aliphatic carbocycles. The van der Waals surface area contributed by atoms with Crippen LogP contribution >= 0.6 is 34.8 Å². The molecule has 15 heavy (non-hydrogen) atoms. The van der Waals surface area contributed by atoms with E-state index in [1.54, 1.807) is 18.2 Å². The van der Waals surface area contributed by atoms with Gasteiger partial charge in [0.1, 0.15) is 0 Å². The maximum atomic E-state index is 8.95. The molecule has 0 aliphatic heterocycles. The van der Waals surface area contributed by atoms with Crippen LogP contribution in [0.25, 0.3) is 10.9 Å². The Morgan fingerprint density at radius 2 is 1.87 bits per heavy atom. The minimum absolute atomic E-state index is 0.132. The Labute approximate surface area is 101 Å². The Bertz CT molecular complexity index is 528. The van der Waals surface area contributed by atoms with Crippen molar-refractivity contribution in [2.24, 2.45) is 0 Å². The van der Waals surface area contributed by atoms with Gasteiger partial charge in [0.25, 0.3) is 0 Å². The van der Waals surface area contributed by atoms with Gasteiger partial charge in [-0.2, -0.15) is 0 Å². The number of aliphatic hydroxyl groups is 1. The van der Waals surface area contributed by atoms with Crippen LogP contribution in [-0.2, 0) is 6.61 Å². The molecule has 0 amide bonds. The lowest BCUT2D eigenvalue weighted by Gasteiger charge is -2.05. The minimum atomic E-state index is -0.132. The Balaban J connectivity index is 2.84. The molecule has 0 radical (unpaired) electrons. The number of hydrogen-bond acceptors (Lipinski definition) is 2. The molecule has 2 aromatic rings. The molecule has 0 fully saturated rings. The highest BCUT2D eigenvalue weighted by Gasteiger charge is 2.09. The number of nitrogens with zero attached hydrogens (tertiary/aromatic N) is 1. The topological polar surface area (TPSA) is 33.1 Å². The fourth-order valence-corrected chi connectivity index (χ4v) is 2.05. The summed E-state index contributed by atoms with van der Waals surface area (Å²) in [5, 5.41) is 10.9. The molecule has 1 aromatic carbocycles. The van der Waals surface area contributed by atoms with Gasteiger partial charge >= 0.3 is 0 Å². The number of aromatic nitrogens is 1. The van der Waals surface area contributed by atoms with Crippen LogP contribution in [-0.4, -0.2) is 10.1 Å². The lowest BCUT2D eigenvalue weighted by Crippen LogP contribution is -1.90. The van der Waals surface area contributed by atoms with Gasteiger partial charge in [0, 0.05) is 5.39 Å². The van der Waals surface area contributed by atoms with Gasteiger partial charge < -0.3 is 5.11 Å². The predicted octanol–water partition coefficient (Wildman–Crippen LogP) is 3.69. The first-order valence-corrected chi connectivity index (χ1v) is 5.31. The number of pyridine rings is 1. The number of hydrogen-bond donors (Lipinski definition) is 1. The summed E-state index contributed by atoms with van der Waals surface area (Å²) in [6, 6.07) is 4.97. The van der Waals surface area contributed by atoms with E-state index in [-0.39, 0.29) is 6.61 Å². The Morgan fingerprint density at radius 1 is 1.13 bits per heavy atom. The monoisotopic (exact) mass is 261 g/mol. The van der Waals surface area contributed by atoms with E-state index in [0.29, 0.717) is 31.7 Å². The first-order chi connectivity index (χ1) is 7.13. The summed E-state index contributed by atoms with van der Waals surface area (Å²) in [7, 11) is 0. The molecule has 0 saturated heterocycles. The summed E-state index contributed by atoms with van der Waals surface area (Å²) >= 11 is 17.8. The smallest absolute Gasteiger partial charge is 0.0908 e. The highest BCUT2D eigenvalue weighted by molar-refractivity contribution is 6.47. The molecule has 1 N–H and O–H groups in total. The van der Waals surface area contributed by atoms with Crippen LogP contribution in [0.15, 0.2) is 18.2 Å². The van der Waals surface area contributed by atoms with Crippen LogP contribution in [0.4, 0.5) is 0 Å². The van der Waals surface area contributed by atoms with Crippen LogP contribution in [0, 0.1) is 0 Å². The highest BCUT2D eigenvalue weighted by Crippen LogP contribution is 2.34. The molecule has 0 spiro atoms. The summed E-state index contributed by atoms with van der Waals surface area (Å²) in [6.45, 7) is -0.132. The molecule has 1 heterocycles. The standard InChI is InChI=1S/C10H6Cl3NO/c11-7-3-8(12)10-6(9(7)13)2-1-5(4-15)14-10/h1-3,15H,4H2. The Morgan fingerprint density at radius 3 is 2.53 bits per heavy atom. The van der Waals surface area contributed by atoms with Gasteiger partial charge in [-0.3, -0.25) is 0 Å². The van der Waals surface area contributed by atoms with E-state index in [4.69, 9.17) is 39.9 Å². The van der Waals surface area contributed by atoms with E-state index in [9.17, 15) is 0 Å². The first kappa shape index (κ1) is 11.0. The molecular formula is C10H6Cl3NO. The van der Waals surface area contributed by atoms with Crippen molar-refractivity contribution in [1.29, 1.82) is 0 Å². The van der Waals surface area contributed by atoms with Gasteiger partial charge in [0.15, 0.2) is 0 Å². The lowest BCUT2D eigenvalue weighted by atomic mass is 10.2. The lowest BCUT2D eigenvalue weighted by molar-refractivity contribution is 0.277. The van der Waals surface area contributed by atoms with Crippen molar-refractivity contribution in [2.45, 2.75) is 6.61 Å². The van der Waals surface area contributed by atoms with Crippen molar-refractivity contribution in [2.75, 3.05) is 0 Å². The SMILES string of the molecule is OCc1ccc2c(Cl)c(Cl)cc(Cl)c2n1. The third kappa shape index (κ3) is 1.91. The number of halogens is 3. The molecular weight excluding hydrogens is 256 g/mol. The maximum absolute atomic E-state index is 8.95. The quantitative estimate of drug-likeness (QED) is 0.795. The summed E-state index contributed by atoms with van der Waals surface area (Å²) in [5.74, 6) is 0. The van der Waals surface area contributed by atoms with Crippen LogP contribution < -0.4 is 0 Å². The first-order valence-electron chi connectivity index (χ1n) is 4.17. The average Bonchev–Trinajstić information content (AvgIpc) is 2.25. The van der Waals surface area contributed by atoms with E-state index in [1.165, 1.54) is 0 Å². The van der Waals surface area contributed by atoms with Crippen LogP contribution in [0.5, 0.6) is 0 Å². The number of fused-ring (bicyclic) bond motifs is 1. The number of rotatable bonds is 1. The van der Waals surface area contributed by atoms with Gasteiger partial charge in [-0.25, -0.2) is 4.98 Å². The van der Waals surface area contributed by atoms with Crippen molar-refractivity contribution >= 4 is 45.7 Å². The second-order valence-corrected chi connectivity index (χ2v) is 4.20. The van der Waals surface area contributed by atoms with Gasteiger partial charge in [0.05, 0.1) is 32.9 Å². The van der Waals surface area contributed by atoms with Crippen molar-refractivity contribution in [3.8, 4) is 0 Å². The van der Waals surface area contributed by atoms with Crippen LogP contribution in [0.1, 0.15) is 5.69 Å². The van der Waals surface area contributed by atoms with Crippen LogP contribution in [0.2, 0.25) is 15.1 Å².